The molecule has 1 aliphatic rings. The van der Waals surface area contributed by atoms with Crippen molar-refractivity contribution in [2.45, 2.75) is 32.7 Å². The van der Waals surface area contributed by atoms with Gasteiger partial charge in [0, 0.05) is 6.04 Å². The van der Waals surface area contributed by atoms with Crippen molar-refractivity contribution in [1.82, 2.24) is 4.90 Å². The van der Waals surface area contributed by atoms with E-state index < -0.39 is 0 Å². The molecule has 1 unspecified atom stereocenters. The zero-order valence-corrected chi connectivity index (χ0v) is 14.9. The Morgan fingerprint density at radius 3 is 2.71 bits per heavy atom. The summed E-state index contributed by atoms with van der Waals surface area (Å²) in [4.78, 5) is 14.8. The van der Waals surface area contributed by atoms with Crippen LogP contribution in [0.5, 0.6) is 0 Å². The number of nitrogens with one attached hydrogen (secondary N) is 1. The first-order chi connectivity index (χ1) is 11.5. The number of nitrogens with zero attached hydrogens (tertiary/aromatic N) is 1. The van der Waals surface area contributed by atoms with Gasteiger partial charge in [-0.2, -0.15) is 0 Å². The average molecular weight is 343 g/mol. The second-order valence-corrected chi connectivity index (χ2v) is 6.93. The highest BCUT2D eigenvalue weighted by Gasteiger charge is 2.27. The fourth-order valence-corrected chi connectivity index (χ4v) is 3.87. The van der Waals surface area contributed by atoms with Crippen molar-refractivity contribution in [2.75, 3.05) is 18.4 Å². The second-order valence-electron chi connectivity index (χ2n) is 6.53. The van der Waals surface area contributed by atoms with Crippen LogP contribution in [0.2, 0.25) is 5.02 Å². The minimum atomic E-state index is -0.00770. The maximum absolute atomic E-state index is 12.5. The van der Waals surface area contributed by atoms with Crippen molar-refractivity contribution < 1.29 is 4.79 Å². The molecule has 1 saturated heterocycles. The zero-order chi connectivity index (χ0) is 17.1. The molecule has 1 N–H and O–H groups in total. The second kappa shape index (κ2) is 7.37. The molecular weight excluding hydrogens is 320 g/mol. The summed E-state index contributed by atoms with van der Waals surface area (Å²) < 4.78 is 0. The van der Waals surface area contributed by atoms with Crippen LogP contribution in [0, 0.1) is 13.8 Å². The van der Waals surface area contributed by atoms with Crippen LogP contribution in [0.4, 0.5) is 5.69 Å². The molecule has 4 heteroatoms. The van der Waals surface area contributed by atoms with Gasteiger partial charge in [-0.25, -0.2) is 0 Å². The zero-order valence-electron chi connectivity index (χ0n) is 14.2. The van der Waals surface area contributed by atoms with Crippen LogP contribution in [0.3, 0.4) is 0 Å². The SMILES string of the molecule is Cc1cc(C)c(NC(=O)CN2CCCC2c2ccccc2)c(Cl)c1. The van der Waals surface area contributed by atoms with Crippen LogP contribution in [0.25, 0.3) is 0 Å². The number of carbonyl (C=O) groups is 1. The molecule has 3 rings (SSSR count). The van der Waals surface area contributed by atoms with Crippen LogP contribution in [-0.4, -0.2) is 23.9 Å². The van der Waals surface area contributed by atoms with E-state index in [0.717, 1.165) is 36.2 Å². The molecule has 0 bridgehead atoms. The number of hydrogen-bond acceptors (Lipinski definition) is 2. The van der Waals surface area contributed by atoms with E-state index >= 15 is 0 Å². The molecule has 2 aromatic rings. The lowest BCUT2D eigenvalue weighted by molar-refractivity contribution is -0.117. The summed E-state index contributed by atoms with van der Waals surface area (Å²) in [5.41, 5.74) is 4.10. The molecule has 1 amide bonds. The highest BCUT2D eigenvalue weighted by Crippen LogP contribution is 2.32. The quantitative estimate of drug-likeness (QED) is 0.871. The van der Waals surface area contributed by atoms with E-state index in [-0.39, 0.29) is 5.91 Å². The highest BCUT2D eigenvalue weighted by atomic mass is 35.5. The van der Waals surface area contributed by atoms with E-state index in [1.54, 1.807) is 0 Å². The number of carbonyl (C=O) groups excluding carboxylic acids is 1. The number of rotatable bonds is 4. The van der Waals surface area contributed by atoms with Crippen LogP contribution < -0.4 is 5.32 Å². The summed E-state index contributed by atoms with van der Waals surface area (Å²) in [5, 5.41) is 3.59. The van der Waals surface area contributed by atoms with Gasteiger partial charge < -0.3 is 5.32 Å². The highest BCUT2D eigenvalue weighted by molar-refractivity contribution is 6.34. The Morgan fingerprint density at radius 2 is 2.00 bits per heavy atom. The number of amides is 1. The summed E-state index contributed by atoms with van der Waals surface area (Å²) in [6.07, 6.45) is 2.22. The van der Waals surface area contributed by atoms with Gasteiger partial charge in [-0.3, -0.25) is 9.69 Å². The normalized spacial score (nSPS) is 17.9. The Kier molecular flexibility index (Phi) is 5.22. The Morgan fingerprint density at radius 1 is 1.25 bits per heavy atom. The molecule has 1 atom stereocenters. The minimum absolute atomic E-state index is 0.00770. The van der Waals surface area contributed by atoms with Gasteiger partial charge in [0.05, 0.1) is 17.3 Å². The fraction of sp³-hybridized carbons (Fsp3) is 0.350. The van der Waals surface area contributed by atoms with Gasteiger partial charge in [0.1, 0.15) is 0 Å². The van der Waals surface area contributed by atoms with E-state index in [4.69, 9.17) is 11.6 Å². The summed E-state index contributed by atoms with van der Waals surface area (Å²) in [6.45, 7) is 5.31. The first kappa shape index (κ1) is 17.0. The largest absolute Gasteiger partial charge is 0.323 e. The maximum Gasteiger partial charge on any atom is 0.238 e. The van der Waals surface area contributed by atoms with Gasteiger partial charge in [-0.1, -0.05) is 48.0 Å². The van der Waals surface area contributed by atoms with Crippen LogP contribution in [0.15, 0.2) is 42.5 Å². The van der Waals surface area contributed by atoms with Crippen molar-refractivity contribution >= 4 is 23.2 Å². The van der Waals surface area contributed by atoms with Crippen molar-refractivity contribution in [1.29, 1.82) is 0 Å². The third kappa shape index (κ3) is 3.80. The predicted molar refractivity (Wildman–Crippen MR) is 99.5 cm³/mol. The number of anilines is 1. The lowest BCUT2D eigenvalue weighted by Crippen LogP contribution is -2.33. The number of halogens is 1. The standard InChI is InChI=1S/C20H23ClN2O/c1-14-11-15(2)20(17(21)12-14)22-19(24)13-23-10-6-9-18(23)16-7-4-3-5-8-16/h3-5,7-8,11-12,18H,6,9-10,13H2,1-2H3,(H,22,24). The maximum atomic E-state index is 12.5. The van der Waals surface area contributed by atoms with E-state index in [2.05, 4.69) is 34.5 Å². The van der Waals surface area contributed by atoms with Crippen LogP contribution >= 0.6 is 11.6 Å². The molecule has 24 heavy (non-hydrogen) atoms. The molecule has 0 radical (unpaired) electrons. The Labute approximate surface area is 148 Å². The number of likely N-dealkylation sites (tertiary alicyclic amines) is 1. The van der Waals surface area contributed by atoms with Crippen LogP contribution in [0.1, 0.15) is 35.6 Å². The molecule has 3 nitrogen and oxygen atoms in total. The fourth-order valence-electron chi connectivity index (χ4n) is 3.51. The van der Waals surface area contributed by atoms with Crippen molar-refractivity contribution in [3.63, 3.8) is 0 Å². The molecule has 0 aliphatic carbocycles. The van der Waals surface area contributed by atoms with Crippen molar-refractivity contribution in [3.8, 4) is 0 Å². The summed E-state index contributed by atoms with van der Waals surface area (Å²) in [5.74, 6) is -0.00770. The third-order valence-corrected chi connectivity index (χ3v) is 4.89. The van der Waals surface area contributed by atoms with Gasteiger partial charge in [0.15, 0.2) is 0 Å². The Hall–Kier alpha value is -1.84. The lowest BCUT2D eigenvalue weighted by atomic mass is 10.0. The van der Waals surface area contributed by atoms with E-state index in [1.165, 1.54) is 5.56 Å². The first-order valence-corrected chi connectivity index (χ1v) is 8.78. The van der Waals surface area contributed by atoms with Gasteiger partial charge >= 0.3 is 0 Å². The summed E-state index contributed by atoms with van der Waals surface area (Å²) in [6, 6.07) is 14.7. The summed E-state index contributed by atoms with van der Waals surface area (Å²) >= 11 is 6.29. The smallest absolute Gasteiger partial charge is 0.238 e. The van der Waals surface area contributed by atoms with Crippen molar-refractivity contribution in [3.05, 3.63) is 64.2 Å². The predicted octanol–water partition coefficient (Wildman–Crippen LogP) is 4.73. The van der Waals surface area contributed by atoms with Crippen LogP contribution in [-0.2, 0) is 4.79 Å². The number of aryl methyl sites for hydroxylation is 2. The van der Waals surface area contributed by atoms with Gasteiger partial charge in [0.25, 0.3) is 0 Å². The third-order valence-electron chi connectivity index (χ3n) is 4.59. The Bertz CT molecular complexity index is 707. The molecule has 1 heterocycles. The van der Waals surface area contributed by atoms with Gasteiger partial charge in [-0.15, -0.1) is 0 Å². The van der Waals surface area contributed by atoms with Gasteiger partial charge in [-0.05, 0) is 56.0 Å². The van der Waals surface area contributed by atoms with E-state index in [1.807, 2.05) is 32.0 Å². The molecule has 1 aliphatic heterocycles. The molecule has 1 fully saturated rings. The number of hydrogen-bond donors (Lipinski definition) is 1. The van der Waals surface area contributed by atoms with Gasteiger partial charge in [0.2, 0.25) is 5.91 Å². The molecule has 2 aromatic carbocycles. The molecule has 126 valence electrons. The molecule has 0 aromatic heterocycles. The summed E-state index contributed by atoms with van der Waals surface area (Å²) in [7, 11) is 0. The molecule has 0 spiro atoms. The minimum Gasteiger partial charge on any atom is -0.323 e. The first-order valence-electron chi connectivity index (χ1n) is 8.40. The van der Waals surface area contributed by atoms with E-state index in [0.29, 0.717) is 17.6 Å². The molecule has 0 saturated carbocycles. The van der Waals surface area contributed by atoms with E-state index in [9.17, 15) is 4.79 Å². The lowest BCUT2D eigenvalue weighted by Gasteiger charge is -2.24. The molecular formula is C20H23ClN2O. The topological polar surface area (TPSA) is 32.3 Å². The monoisotopic (exact) mass is 342 g/mol. The Balaban J connectivity index is 1.69. The average Bonchev–Trinajstić information content (AvgIpc) is 3.00. The number of benzene rings is 2. The van der Waals surface area contributed by atoms with Crippen molar-refractivity contribution in [2.24, 2.45) is 0 Å².